The van der Waals surface area contributed by atoms with Crippen molar-refractivity contribution in [3.8, 4) is 0 Å². The summed E-state index contributed by atoms with van der Waals surface area (Å²) in [4.78, 5) is 13.8. The summed E-state index contributed by atoms with van der Waals surface area (Å²) >= 11 is 1.67. The molecule has 2 fully saturated rings. The van der Waals surface area contributed by atoms with Gasteiger partial charge in [-0.15, -0.1) is 11.3 Å². The Morgan fingerprint density at radius 3 is 3.09 bits per heavy atom. The number of hydrogen-bond donors (Lipinski definition) is 0. The highest BCUT2D eigenvalue weighted by Gasteiger charge is 2.30. The van der Waals surface area contributed by atoms with Crippen LogP contribution in [0, 0.1) is 0 Å². The Balaban J connectivity index is 1.32. The second-order valence-electron chi connectivity index (χ2n) is 6.75. The molecule has 1 saturated heterocycles. The van der Waals surface area contributed by atoms with Crippen LogP contribution in [0.15, 0.2) is 15.4 Å². The summed E-state index contributed by atoms with van der Waals surface area (Å²) in [6.07, 6.45) is 4.87. The van der Waals surface area contributed by atoms with Crippen LogP contribution in [0.2, 0.25) is 0 Å². The van der Waals surface area contributed by atoms with Gasteiger partial charge < -0.3 is 4.52 Å². The lowest BCUT2D eigenvalue weighted by Gasteiger charge is -2.36. The van der Waals surface area contributed by atoms with Crippen molar-refractivity contribution in [2.24, 2.45) is 0 Å². The molecule has 0 radical (unpaired) electrons. The van der Waals surface area contributed by atoms with Crippen molar-refractivity contribution in [2.45, 2.75) is 50.7 Å². The molecule has 1 atom stereocenters. The second-order valence-corrected chi connectivity index (χ2v) is 7.47. The zero-order valence-electron chi connectivity index (χ0n) is 13.5. The molecule has 6 nitrogen and oxygen atoms in total. The molecule has 0 bridgehead atoms. The molecule has 1 unspecified atom stereocenters. The first-order valence-electron chi connectivity index (χ1n) is 8.40. The molecule has 0 amide bonds. The average Bonchev–Trinajstić information content (AvgIpc) is 3.09. The number of nitrogens with zero attached hydrogens (tertiary/aromatic N) is 5. The first-order valence-corrected chi connectivity index (χ1v) is 9.34. The van der Waals surface area contributed by atoms with Gasteiger partial charge in [0.25, 0.3) is 0 Å². The normalized spacial score (nSPS) is 22.8. The number of hydrogen-bond acceptors (Lipinski definition) is 7. The summed E-state index contributed by atoms with van der Waals surface area (Å²) in [6, 6.07) is 0.570. The van der Waals surface area contributed by atoms with Crippen molar-refractivity contribution in [1.82, 2.24) is 24.9 Å². The largest absolute Gasteiger partial charge is 0.339 e. The fraction of sp³-hybridized carbons (Fsp3) is 0.688. The van der Waals surface area contributed by atoms with E-state index in [1.54, 1.807) is 11.3 Å². The van der Waals surface area contributed by atoms with Gasteiger partial charge in [0.2, 0.25) is 5.89 Å². The van der Waals surface area contributed by atoms with Gasteiger partial charge in [-0.05, 0) is 39.3 Å². The van der Waals surface area contributed by atoms with E-state index in [9.17, 15) is 0 Å². The quantitative estimate of drug-likeness (QED) is 0.809. The highest BCUT2D eigenvalue weighted by atomic mass is 32.1. The van der Waals surface area contributed by atoms with E-state index in [1.165, 1.54) is 31.4 Å². The molecule has 124 valence electrons. The van der Waals surface area contributed by atoms with Gasteiger partial charge in [-0.3, -0.25) is 9.80 Å². The summed E-state index contributed by atoms with van der Waals surface area (Å²) in [5, 5.41) is 6.29. The van der Waals surface area contributed by atoms with E-state index in [1.807, 2.05) is 5.51 Å². The highest BCUT2D eigenvalue weighted by Crippen LogP contribution is 2.38. The van der Waals surface area contributed by atoms with E-state index >= 15 is 0 Å². The predicted octanol–water partition coefficient (Wildman–Crippen LogP) is 2.50. The second kappa shape index (κ2) is 6.67. The minimum Gasteiger partial charge on any atom is -0.339 e. The Labute approximate surface area is 140 Å². The average molecular weight is 333 g/mol. The van der Waals surface area contributed by atoms with Crippen LogP contribution in [-0.4, -0.2) is 51.1 Å². The minimum absolute atomic E-state index is 0.537. The van der Waals surface area contributed by atoms with Crippen molar-refractivity contribution < 1.29 is 4.52 Å². The SMILES string of the molecule is CN(Cc1cscn1)C1CCCN(Cc2noc(C3CC3)n2)C1. The monoisotopic (exact) mass is 333 g/mol. The maximum absolute atomic E-state index is 5.37. The predicted molar refractivity (Wildman–Crippen MR) is 88.2 cm³/mol. The smallest absolute Gasteiger partial charge is 0.229 e. The topological polar surface area (TPSA) is 58.3 Å². The Morgan fingerprint density at radius 2 is 2.30 bits per heavy atom. The fourth-order valence-electron chi connectivity index (χ4n) is 3.26. The van der Waals surface area contributed by atoms with E-state index in [0.717, 1.165) is 37.9 Å². The lowest BCUT2D eigenvalue weighted by atomic mass is 10.0. The van der Waals surface area contributed by atoms with E-state index in [4.69, 9.17) is 4.52 Å². The van der Waals surface area contributed by atoms with Gasteiger partial charge in [-0.2, -0.15) is 4.98 Å². The molecule has 2 aliphatic rings. The van der Waals surface area contributed by atoms with E-state index in [0.29, 0.717) is 12.0 Å². The molecule has 4 rings (SSSR count). The lowest BCUT2D eigenvalue weighted by Crippen LogP contribution is -2.45. The van der Waals surface area contributed by atoms with Crippen molar-refractivity contribution >= 4 is 11.3 Å². The minimum atomic E-state index is 0.537. The first kappa shape index (κ1) is 15.2. The Kier molecular flexibility index (Phi) is 4.41. The molecule has 7 heteroatoms. The van der Waals surface area contributed by atoms with Crippen molar-refractivity contribution in [1.29, 1.82) is 0 Å². The lowest BCUT2D eigenvalue weighted by molar-refractivity contribution is 0.104. The van der Waals surface area contributed by atoms with Crippen LogP contribution in [0.25, 0.3) is 0 Å². The molecule has 1 saturated carbocycles. The molecular formula is C16H23N5OS. The molecule has 2 aromatic heterocycles. The molecular weight excluding hydrogens is 310 g/mol. The number of rotatable bonds is 6. The Bertz CT molecular complexity index is 624. The van der Waals surface area contributed by atoms with Crippen molar-refractivity contribution in [3.05, 3.63) is 28.3 Å². The molecule has 2 aromatic rings. The molecule has 3 heterocycles. The third kappa shape index (κ3) is 3.79. The van der Waals surface area contributed by atoms with Gasteiger partial charge in [-0.25, -0.2) is 4.98 Å². The van der Waals surface area contributed by atoms with Gasteiger partial charge in [-0.1, -0.05) is 5.16 Å². The van der Waals surface area contributed by atoms with Crippen LogP contribution >= 0.6 is 11.3 Å². The number of likely N-dealkylation sites (tertiary alicyclic amines) is 1. The molecule has 0 aromatic carbocycles. The number of aromatic nitrogens is 3. The zero-order valence-corrected chi connectivity index (χ0v) is 14.3. The van der Waals surface area contributed by atoms with Gasteiger partial charge >= 0.3 is 0 Å². The highest BCUT2D eigenvalue weighted by molar-refractivity contribution is 7.07. The van der Waals surface area contributed by atoms with Gasteiger partial charge in [0.15, 0.2) is 5.82 Å². The zero-order chi connectivity index (χ0) is 15.6. The number of likely N-dealkylation sites (N-methyl/N-ethyl adjacent to an activating group) is 1. The maximum Gasteiger partial charge on any atom is 0.229 e. The maximum atomic E-state index is 5.37. The summed E-state index contributed by atoms with van der Waals surface area (Å²) in [6.45, 7) is 3.91. The molecule has 0 spiro atoms. The summed E-state index contributed by atoms with van der Waals surface area (Å²) in [5.74, 6) is 2.22. The molecule has 23 heavy (non-hydrogen) atoms. The van der Waals surface area contributed by atoms with Crippen LogP contribution in [0.4, 0.5) is 0 Å². The van der Waals surface area contributed by atoms with Crippen LogP contribution in [0.3, 0.4) is 0 Å². The standard InChI is InChI=1S/C16H23N5OS/c1-20(7-13-10-23-11-17-13)14-3-2-6-21(8-14)9-15-18-16(22-19-15)12-4-5-12/h10-12,14H,2-9H2,1H3. The Hall–Kier alpha value is -1.31. The van der Waals surface area contributed by atoms with E-state index in [-0.39, 0.29) is 0 Å². The molecule has 0 N–H and O–H groups in total. The first-order chi connectivity index (χ1) is 11.3. The fourth-order valence-corrected chi connectivity index (χ4v) is 3.81. The van der Waals surface area contributed by atoms with Crippen LogP contribution in [-0.2, 0) is 13.1 Å². The van der Waals surface area contributed by atoms with Gasteiger partial charge in [0.1, 0.15) is 0 Å². The summed E-state index contributed by atoms with van der Waals surface area (Å²) in [5.41, 5.74) is 3.08. The summed E-state index contributed by atoms with van der Waals surface area (Å²) < 4.78 is 5.37. The van der Waals surface area contributed by atoms with E-state index in [2.05, 4.69) is 37.4 Å². The van der Waals surface area contributed by atoms with Gasteiger partial charge in [0.05, 0.1) is 17.7 Å². The van der Waals surface area contributed by atoms with Crippen molar-refractivity contribution in [2.75, 3.05) is 20.1 Å². The number of thiazole rings is 1. The van der Waals surface area contributed by atoms with Crippen LogP contribution in [0.5, 0.6) is 0 Å². The van der Waals surface area contributed by atoms with E-state index < -0.39 is 0 Å². The third-order valence-corrected chi connectivity index (χ3v) is 5.41. The summed E-state index contributed by atoms with van der Waals surface area (Å²) in [7, 11) is 2.20. The van der Waals surface area contributed by atoms with Crippen molar-refractivity contribution in [3.63, 3.8) is 0 Å². The van der Waals surface area contributed by atoms with Crippen LogP contribution < -0.4 is 0 Å². The third-order valence-electron chi connectivity index (χ3n) is 4.77. The van der Waals surface area contributed by atoms with Crippen LogP contribution in [0.1, 0.15) is 49.0 Å². The Morgan fingerprint density at radius 1 is 1.39 bits per heavy atom. The van der Waals surface area contributed by atoms with Gasteiger partial charge in [0, 0.05) is 30.4 Å². The molecule has 1 aliphatic carbocycles. The molecule has 1 aliphatic heterocycles. The number of piperidine rings is 1.